The van der Waals surface area contributed by atoms with Crippen molar-refractivity contribution < 1.29 is 0 Å². The molecule has 0 bridgehead atoms. The highest BCUT2D eigenvalue weighted by molar-refractivity contribution is 5.90. The Bertz CT molecular complexity index is 624. The van der Waals surface area contributed by atoms with Crippen LogP contribution in [0.15, 0.2) is 48.5 Å². The van der Waals surface area contributed by atoms with Crippen LogP contribution in [0.4, 0.5) is 11.4 Å². The first kappa shape index (κ1) is 14.9. The van der Waals surface area contributed by atoms with Gasteiger partial charge in [-0.3, -0.25) is 5.41 Å². The predicted molar refractivity (Wildman–Crippen MR) is 90.8 cm³/mol. The van der Waals surface area contributed by atoms with Crippen LogP contribution in [0.25, 0.3) is 11.1 Å². The fourth-order valence-electron chi connectivity index (χ4n) is 2.11. The monoisotopic (exact) mass is 282 g/mol. The Balaban J connectivity index is 2.21. The second kappa shape index (κ2) is 5.87. The smallest absolute Gasteiger partial charge is 0.190 e. The molecule has 0 aromatic heterocycles. The van der Waals surface area contributed by atoms with Crippen molar-refractivity contribution in [3.8, 4) is 11.1 Å². The summed E-state index contributed by atoms with van der Waals surface area (Å²) < 4.78 is 0. The number of hydrogen-bond donors (Lipinski definition) is 4. The van der Waals surface area contributed by atoms with E-state index in [1.807, 2.05) is 30.3 Å². The van der Waals surface area contributed by atoms with Gasteiger partial charge in [-0.1, -0.05) is 24.3 Å². The minimum absolute atomic E-state index is 0.0356. The van der Waals surface area contributed by atoms with Crippen LogP contribution in [0.5, 0.6) is 0 Å². The van der Waals surface area contributed by atoms with Crippen LogP contribution in [-0.2, 0) is 0 Å². The van der Waals surface area contributed by atoms with E-state index in [1.165, 1.54) is 0 Å². The van der Waals surface area contributed by atoms with E-state index in [4.69, 9.17) is 11.1 Å². The van der Waals surface area contributed by atoms with Gasteiger partial charge in [0.15, 0.2) is 5.96 Å². The minimum Gasteiger partial charge on any atom is -0.380 e. The lowest BCUT2D eigenvalue weighted by atomic mass is 10.0. The van der Waals surface area contributed by atoms with Crippen LogP contribution in [0, 0.1) is 5.41 Å². The topological polar surface area (TPSA) is 73.9 Å². The maximum atomic E-state index is 7.22. The molecular formula is C17H22N4. The molecular weight excluding hydrogens is 260 g/mol. The molecule has 5 N–H and O–H groups in total. The van der Waals surface area contributed by atoms with E-state index >= 15 is 0 Å². The van der Waals surface area contributed by atoms with E-state index < -0.39 is 0 Å². The second-order valence-corrected chi connectivity index (χ2v) is 6.07. The summed E-state index contributed by atoms with van der Waals surface area (Å²) in [6.45, 7) is 6.42. The predicted octanol–water partition coefficient (Wildman–Crippen LogP) is 3.87. The maximum Gasteiger partial charge on any atom is 0.190 e. The molecule has 2 aromatic carbocycles. The molecule has 0 aliphatic heterocycles. The molecule has 0 spiro atoms. The number of nitrogens with one attached hydrogen (secondary N) is 3. The molecule has 4 nitrogen and oxygen atoms in total. The van der Waals surface area contributed by atoms with Crippen molar-refractivity contribution in [2.24, 2.45) is 5.73 Å². The zero-order valence-corrected chi connectivity index (χ0v) is 12.7. The number of hydrogen-bond acceptors (Lipinski definition) is 2. The Morgan fingerprint density at radius 1 is 0.952 bits per heavy atom. The molecule has 0 aliphatic carbocycles. The molecule has 21 heavy (non-hydrogen) atoms. The first-order valence-corrected chi connectivity index (χ1v) is 6.93. The summed E-state index contributed by atoms with van der Waals surface area (Å²) in [4.78, 5) is 0. The van der Waals surface area contributed by atoms with Crippen molar-refractivity contribution in [1.82, 2.24) is 0 Å². The van der Waals surface area contributed by atoms with Gasteiger partial charge < -0.3 is 16.4 Å². The lowest BCUT2D eigenvalue weighted by Gasteiger charge is -2.22. The highest BCUT2D eigenvalue weighted by Crippen LogP contribution is 2.25. The molecule has 0 saturated carbocycles. The van der Waals surface area contributed by atoms with E-state index in [2.05, 4.69) is 49.6 Å². The van der Waals surface area contributed by atoms with E-state index in [9.17, 15) is 0 Å². The van der Waals surface area contributed by atoms with Crippen molar-refractivity contribution in [1.29, 1.82) is 5.41 Å². The van der Waals surface area contributed by atoms with E-state index in [1.54, 1.807) is 0 Å². The third kappa shape index (κ3) is 4.53. The Kier molecular flexibility index (Phi) is 4.17. The fraction of sp³-hybridized carbons (Fsp3) is 0.235. The first-order chi connectivity index (χ1) is 9.83. The molecule has 0 saturated heterocycles. The summed E-state index contributed by atoms with van der Waals surface area (Å²) >= 11 is 0. The van der Waals surface area contributed by atoms with Gasteiger partial charge in [0, 0.05) is 16.9 Å². The molecule has 0 radical (unpaired) electrons. The number of guanidine groups is 1. The van der Waals surface area contributed by atoms with Gasteiger partial charge in [0.25, 0.3) is 0 Å². The highest BCUT2D eigenvalue weighted by Gasteiger charge is 2.09. The summed E-state index contributed by atoms with van der Waals surface area (Å²) in [6, 6.07) is 16.2. The number of nitrogens with two attached hydrogens (primary N) is 1. The van der Waals surface area contributed by atoms with Gasteiger partial charge in [-0.05, 0) is 56.2 Å². The fourth-order valence-corrected chi connectivity index (χ4v) is 2.11. The summed E-state index contributed by atoms with van der Waals surface area (Å²) in [5, 5.41) is 13.5. The quantitative estimate of drug-likeness (QED) is 0.510. The lowest BCUT2D eigenvalue weighted by molar-refractivity contribution is 0.634. The number of benzene rings is 2. The van der Waals surface area contributed by atoms with Gasteiger partial charge in [-0.25, -0.2) is 0 Å². The van der Waals surface area contributed by atoms with Crippen LogP contribution in [-0.4, -0.2) is 11.5 Å². The molecule has 0 amide bonds. The van der Waals surface area contributed by atoms with Crippen molar-refractivity contribution in [2.45, 2.75) is 26.3 Å². The molecule has 4 heteroatoms. The lowest BCUT2D eigenvalue weighted by Crippen LogP contribution is -2.25. The molecule has 0 fully saturated rings. The molecule has 0 heterocycles. The normalized spacial score (nSPS) is 11.0. The van der Waals surface area contributed by atoms with Crippen molar-refractivity contribution in [3.63, 3.8) is 0 Å². The molecule has 0 unspecified atom stereocenters. The van der Waals surface area contributed by atoms with Crippen LogP contribution < -0.4 is 16.4 Å². The summed E-state index contributed by atoms with van der Waals surface area (Å²) in [6.07, 6.45) is 0. The molecule has 0 aliphatic rings. The standard InChI is InChI=1S/C17H22N4/c1-17(2,3)21-15-6-4-5-13(11-15)12-7-9-14(10-8-12)20-16(18)19/h4-11,21H,1-3H3,(H4,18,19,20). The molecule has 0 atom stereocenters. The van der Waals surface area contributed by atoms with Gasteiger partial charge in [0.05, 0.1) is 0 Å². The Morgan fingerprint density at radius 3 is 2.19 bits per heavy atom. The van der Waals surface area contributed by atoms with Crippen LogP contribution in [0.1, 0.15) is 20.8 Å². The van der Waals surface area contributed by atoms with Gasteiger partial charge >= 0.3 is 0 Å². The first-order valence-electron chi connectivity index (χ1n) is 6.93. The van der Waals surface area contributed by atoms with Crippen molar-refractivity contribution in [2.75, 3.05) is 10.6 Å². The molecule has 110 valence electrons. The van der Waals surface area contributed by atoms with Crippen molar-refractivity contribution in [3.05, 3.63) is 48.5 Å². The largest absolute Gasteiger partial charge is 0.380 e. The third-order valence-corrected chi connectivity index (χ3v) is 2.88. The Morgan fingerprint density at radius 2 is 1.62 bits per heavy atom. The highest BCUT2D eigenvalue weighted by atomic mass is 15.0. The zero-order valence-electron chi connectivity index (χ0n) is 12.7. The van der Waals surface area contributed by atoms with Gasteiger partial charge in [0.2, 0.25) is 0 Å². The zero-order chi connectivity index (χ0) is 15.5. The summed E-state index contributed by atoms with van der Waals surface area (Å²) in [5.41, 5.74) is 9.55. The molecule has 2 aromatic rings. The van der Waals surface area contributed by atoms with E-state index in [0.717, 1.165) is 22.5 Å². The maximum absolute atomic E-state index is 7.22. The van der Waals surface area contributed by atoms with Crippen LogP contribution in [0.3, 0.4) is 0 Å². The van der Waals surface area contributed by atoms with Crippen LogP contribution >= 0.6 is 0 Å². The summed E-state index contributed by atoms with van der Waals surface area (Å²) in [7, 11) is 0. The second-order valence-electron chi connectivity index (χ2n) is 6.07. The summed E-state index contributed by atoms with van der Waals surface area (Å²) in [5.74, 6) is -0.0564. The average Bonchev–Trinajstić information content (AvgIpc) is 2.37. The third-order valence-electron chi connectivity index (χ3n) is 2.88. The molecule has 2 rings (SSSR count). The van der Waals surface area contributed by atoms with Gasteiger partial charge in [0.1, 0.15) is 0 Å². The van der Waals surface area contributed by atoms with Crippen LogP contribution in [0.2, 0.25) is 0 Å². The Hall–Kier alpha value is -2.49. The SMILES string of the molecule is CC(C)(C)Nc1cccc(-c2ccc(NC(=N)N)cc2)c1. The van der Waals surface area contributed by atoms with Gasteiger partial charge in [-0.15, -0.1) is 0 Å². The van der Waals surface area contributed by atoms with E-state index in [-0.39, 0.29) is 11.5 Å². The minimum atomic E-state index is -0.0564. The van der Waals surface area contributed by atoms with Gasteiger partial charge in [-0.2, -0.15) is 0 Å². The number of anilines is 2. The average molecular weight is 282 g/mol. The Labute approximate surface area is 125 Å². The van der Waals surface area contributed by atoms with Crippen molar-refractivity contribution >= 4 is 17.3 Å². The van der Waals surface area contributed by atoms with E-state index in [0.29, 0.717) is 0 Å². The number of rotatable bonds is 3.